The molecule has 4 heteroatoms. The third-order valence-electron chi connectivity index (χ3n) is 4.83. The van der Waals surface area contributed by atoms with Crippen molar-refractivity contribution in [2.75, 3.05) is 26.0 Å². The van der Waals surface area contributed by atoms with Gasteiger partial charge in [-0.25, -0.2) is 0 Å². The van der Waals surface area contributed by atoms with Gasteiger partial charge in [0.15, 0.2) is 5.78 Å². The number of hydrogen-bond acceptors (Lipinski definition) is 3. The van der Waals surface area contributed by atoms with Gasteiger partial charge in [-0.2, -0.15) is 0 Å². The first-order valence-corrected chi connectivity index (χ1v) is 8.10. The van der Waals surface area contributed by atoms with Gasteiger partial charge in [-0.3, -0.25) is 9.47 Å². The summed E-state index contributed by atoms with van der Waals surface area (Å²) in [6.45, 7) is 6.12. The van der Waals surface area contributed by atoms with E-state index in [1.807, 2.05) is 38.2 Å². The number of rotatable bonds is 3. The van der Waals surface area contributed by atoms with E-state index >= 15 is 0 Å². The summed E-state index contributed by atoms with van der Waals surface area (Å²) >= 11 is 0. The lowest BCUT2D eigenvalue weighted by atomic mass is 9.88. The van der Waals surface area contributed by atoms with Gasteiger partial charge in [0.25, 0.3) is 0 Å². The quantitative estimate of drug-likeness (QED) is 0.700. The number of hydrogen-bond donors (Lipinski definition) is 1. The van der Waals surface area contributed by atoms with Crippen LogP contribution in [0.2, 0.25) is 0 Å². The topological polar surface area (TPSA) is 51.3 Å². The van der Waals surface area contributed by atoms with Crippen molar-refractivity contribution in [1.29, 1.82) is 0 Å². The first-order chi connectivity index (χ1) is 10.5. The van der Waals surface area contributed by atoms with Gasteiger partial charge in [0.1, 0.15) is 0 Å². The number of carbonyl (C=O) groups excluding carboxylic acids is 1. The van der Waals surface area contributed by atoms with E-state index in [1.54, 1.807) is 4.68 Å². The maximum absolute atomic E-state index is 12.3. The number of nitrogen functional groups attached to an aromatic ring is 1. The summed E-state index contributed by atoms with van der Waals surface area (Å²) < 4.78 is 1.70. The van der Waals surface area contributed by atoms with Crippen LogP contribution < -0.4 is 5.84 Å². The number of carbonyl (C=O) groups is 1. The predicted octanol–water partition coefficient (Wildman–Crippen LogP) is 3.00. The van der Waals surface area contributed by atoms with Crippen LogP contribution in [0.5, 0.6) is 0 Å². The Morgan fingerprint density at radius 3 is 2.59 bits per heavy atom. The van der Waals surface area contributed by atoms with Crippen LogP contribution in [0.1, 0.15) is 48.5 Å². The minimum Gasteiger partial charge on any atom is -0.339 e. The van der Waals surface area contributed by atoms with Crippen molar-refractivity contribution in [1.82, 2.24) is 9.58 Å². The van der Waals surface area contributed by atoms with Gasteiger partial charge in [-0.1, -0.05) is 13.8 Å². The molecule has 3 rings (SSSR count). The number of nitrogens with two attached hydrogens (primary N) is 1. The van der Waals surface area contributed by atoms with Crippen LogP contribution in [0.15, 0.2) is 24.4 Å². The predicted molar refractivity (Wildman–Crippen MR) is 90.7 cm³/mol. The van der Waals surface area contributed by atoms with E-state index in [0.29, 0.717) is 5.92 Å². The zero-order chi connectivity index (χ0) is 15.9. The maximum Gasteiger partial charge on any atom is 0.165 e. The van der Waals surface area contributed by atoms with Crippen LogP contribution in [-0.4, -0.2) is 35.5 Å². The standard InChI is InChI=1S/C18H25N3O/c1-12(2)18(22)14-4-5-17-15(10-14)16(11-21(17)19)13-6-8-20(3)9-7-13/h4-5,10-13H,6-9,19H2,1-3H3. The summed E-state index contributed by atoms with van der Waals surface area (Å²) in [6, 6.07) is 5.91. The minimum absolute atomic E-state index is 0.0178. The summed E-state index contributed by atoms with van der Waals surface area (Å²) in [7, 11) is 2.17. The summed E-state index contributed by atoms with van der Waals surface area (Å²) in [4.78, 5) is 14.6. The molecule has 4 nitrogen and oxygen atoms in total. The van der Waals surface area contributed by atoms with E-state index in [1.165, 1.54) is 5.56 Å². The van der Waals surface area contributed by atoms with E-state index in [-0.39, 0.29) is 11.7 Å². The van der Waals surface area contributed by atoms with Crippen LogP contribution in [-0.2, 0) is 0 Å². The van der Waals surface area contributed by atoms with Gasteiger partial charge < -0.3 is 10.7 Å². The molecule has 2 N–H and O–H groups in total. The highest BCUT2D eigenvalue weighted by Gasteiger charge is 2.23. The second kappa shape index (κ2) is 5.76. The first-order valence-electron chi connectivity index (χ1n) is 8.10. The van der Waals surface area contributed by atoms with Gasteiger partial charge in [-0.05, 0) is 62.7 Å². The van der Waals surface area contributed by atoms with E-state index < -0.39 is 0 Å². The van der Waals surface area contributed by atoms with Gasteiger partial charge in [0, 0.05) is 23.1 Å². The lowest BCUT2D eigenvalue weighted by Crippen LogP contribution is -2.29. The largest absolute Gasteiger partial charge is 0.339 e. The Morgan fingerprint density at radius 2 is 1.95 bits per heavy atom. The molecule has 0 spiro atoms. The number of piperidine rings is 1. The number of nitrogens with zero attached hydrogens (tertiary/aromatic N) is 2. The molecule has 1 aromatic carbocycles. The van der Waals surface area contributed by atoms with E-state index in [9.17, 15) is 4.79 Å². The van der Waals surface area contributed by atoms with Crippen molar-refractivity contribution < 1.29 is 4.79 Å². The Bertz CT molecular complexity index is 694. The number of likely N-dealkylation sites (tertiary alicyclic amines) is 1. The minimum atomic E-state index is 0.0178. The molecule has 1 aliphatic rings. The fraction of sp³-hybridized carbons (Fsp3) is 0.500. The van der Waals surface area contributed by atoms with Crippen LogP contribution >= 0.6 is 0 Å². The molecule has 22 heavy (non-hydrogen) atoms. The number of ketones is 1. The lowest BCUT2D eigenvalue weighted by molar-refractivity contribution is 0.0939. The van der Waals surface area contributed by atoms with E-state index in [0.717, 1.165) is 42.4 Å². The molecule has 2 heterocycles. The Hall–Kier alpha value is -1.81. The van der Waals surface area contributed by atoms with Crippen LogP contribution in [0.3, 0.4) is 0 Å². The molecule has 1 saturated heterocycles. The number of Topliss-reactive ketones (excluding diaryl/α,β-unsaturated/α-hetero) is 1. The van der Waals surface area contributed by atoms with Crippen LogP contribution in [0.25, 0.3) is 10.9 Å². The van der Waals surface area contributed by atoms with Gasteiger partial charge >= 0.3 is 0 Å². The molecule has 1 aliphatic heterocycles. The van der Waals surface area contributed by atoms with Crippen molar-refractivity contribution in [3.8, 4) is 0 Å². The molecular formula is C18H25N3O. The highest BCUT2D eigenvalue weighted by Crippen LogP contribution is 2.34. The Labute approximate surface area is 131 Å². The monoisotopic (exact) mass is 299 g/mol. The molecule has 118 valence electrons. The van der Waals surface area contributed by atoms with Gasteiger partial charge in [-0.15, -0.1) is 0 Å². The number of aromatic nitrogens is 1. The highest BCUT2D eigenvalue weighted by molar-refractivity contribution is 6.01. The average molecular weight is 299 g/mol. The fourth-order valence-corrected chi connectivity index (χ4v) is 3.41. The van der Waals surface area contributed by atoms with Crippen molar-refractivity contribution >= 4 is 16.7 Å². The molecule has 1 fully saturated rings. The van der Waals surface area contributed by atoms with Crippen molar-refractivity contribution in [3.05, 3.63) is 35.5 Å². The van der Waals surface area contributed by atoms with Crippen LogP contribution in [0.4, 0.5) is 0 Å². The number of fused-ring (bicyclic) bond motifs is 1. The second-order valence-corrected chi connectivity index (χ2v) is 6.82. The Morgan fingerprint density at radius 1 is 1.27 bits per heavy atom. The molecule has 0 radical (unpaired) electrons. The molecular weight excluding hydrogens is 274 g/mol. The normalized spacial score (nSPS) is 17.5. The summed E-state index contributed by atoms with van der Waals surface area (Å²) in [5, 5.41) is 1.14. The van der Waals surface area contributed by atoms with Gasteiger partial charge in [0.05, 0.1) is 5.52 Å². The molecule has 0 amide bonds. The molecule has 0 bridgehead atoms. The zero-order valence-electron chi connectivity index (χ0n) is 13.7. The fourth-order valence-electron chi connectivity index (χ4n) is 3.41. The van der Waals surface area contributed by atoms with E-state index in [4.69, 9.17) is 5.84 Å². The second-order valence-electron chi connectivity index (χ2n) is 6.82. The van der Waals surface area contributed by atoms with Crippen molar-refractivity contribution in [3.63, 3.8) is 0 Å². The van der Waals surface area contributed by atoms with Crippen molar-refractivity contribution in [2.45, 2.75) is 32.6 Å². The Kier molecular flexibility index (Phi) is 3.96. The Balaban J connectivity index is 2.03. The molecule has 2 aromatic rings. The number of benzene rings is 1. The summed E-state index contributed by atoms with van der Waals surface area (Å²) in [6.07, 6.45) is 4.35. The third kappa shape index (κ3) is 2.63. The SMILES string of the molecule is CC(C)C(=O)c1ccc2c(c1)c(C1CCN(C)CC1)cn2N. The van der Waals surface area contributed by atoms with E-state index in [2.05, 4.69) is 11.9 Å². The summed E-state index contributed by atoms with van der Waals surface area (Å²) in [5.41, 5.74) is 3.10. The maximum atomic E-state index is 12.3. The smallest absolute Gasteiger partial charge is 0.165 e. The summed E-state index contributed by atoms with van der Waals surface area (Å²) in [5.74, 6) is 6.87. The zero-order valence-corrected chi connectivity index (χ0v) is 13.7. The first kappa shape index (κ1) is 15.1. The average Bonchev–Trinajstić information content (AvgIpc) is 2.84. The molecule has 1 aromatic heterocycles. The molecule has 0 saturated carbocycles. The lowest BCUT2D eigenvalue weighted by Gasteiger charge is -2.28. The third-order valence-corrected chi connectivity index (χ3v) is 4.83. The molecule has 0 atom stereocenters. The van der Waals surface area contributed by atoms with Crippen molar-refractivity contribution in [2.24, 2.45) is 5.92 Å². The molecule has 0 aliphatic carbocycles. The van der Waals surface area contributed by atoms with Gasteiger partial charge in [0.2, 0.25) is 0 Å². The highest BCUT2D eigenvalue weighted by atomic mass is 16.1. The van der Waals surface area contributed by atoms with Crippen LogP contribution in [0, 0.1) is 5.92 Å². The molecule has 0 unspecified atom stereocenters.